The fraction of sp³-hybridized carbons (Fsp3) is 0.571. The van der Waals surface area contributed by atoms with Gasteiger partial charge in [0, 0.05) is 0 Å². The quantitative estimate of drug-likeness (QED) is 0.379. The van der Waals surface area contributed by atoms with Crippen LogP contribution in [0, 0.1) is 0 Å². The Bertz CT molecular complexity index is 791. The molecule has 0 aromatic carbocycles. The average molecular weight is 428 g/mol. The number of aryl methyl sites for hydroxylation is 6. The standard InChI is InChI=1S/C21H33BN6O3/c1-7-13-19(14(8-2)24-23-13)29-22(30-20-15(9-3)25-26-16(20)10-4)31-21-17(11-5)27-28-18(21)12-6/h7-12H2,1-6H3,(H,23,24)(H,25,26)(H,27,28). The van der Waals surface area contributed by atoms with Crippen molar-refractivity contribution in [2.24, 2.45) is 0 Å². The van der Waals surface area contributed by atoms with Crippen LogP contribution in [0.5, 0.6) is 17.2 Å². The zero-order chi connectivity index (χ0) is 22.4. The second-order valence-electron chi connectivity index (χ2n) is 7.20. The second-order valence-corrected chi connectivity index (χ2v) is 7.20. The maximum Gasteiger partial charge on any atom is 0.864 e. The number of hydrogen-bond acceptors (Lipinski definition) is 6. The highest BCUT2D eigenvalue weighted by atomic mass is 16.7. The summed E-state index contributed by atoms with van der Waals surface area (Å²) in [5.74, 6) is 2.03. The van der Waals surface area contributed by atoms with E-state index in [1.165, 1.54) is 0 Å². The molecule has 0 aliphatic carbocycles. The molecular formula is C21H33BN6O3. The van der Waals surface area contributed by atoms with Crippen molar-refractivity contribution in [3.63, 3.8) is 0 Å². The van der Waals surface area contributed by atoms with Crippen molar-refractivity contribution >= 4 is 7.32 Å². The summed E-state index contributed by atoms with van der Waals surface area (Å²) in [6, 6.07) is 0. The Balaban J connectivity index is 2.00. The Morgan fingerprint density at radius 2 is 0.806 bits per heavy atom. The van der Waals surface area contributed by atoms with Crippen molar-refractivity contribution in [1.82, 2.24) is 30.6 Å². The summed E-state index contributed by atoms with van der Waals surface area (Å²) >= 11 is 0. The van der Waals surface area contributed by atoms with Crippen molar-refractivity contribution in [2.45, 2.75) is 80.1 Å². The van der Waals surface area contributed by atoms with E-state index >= 15 is 0 Å². The normalized spacial score (nSPS) is 11.0. The molecule has 9 nitrogen and oxygen atoms in total. The van der Waals surface area contributed by atoms with E-state index in [1.807, 2.05) is 20.8 Å². The van der Waals surface area contributed by atoms with Crippen molar-refractivity contribution < 1.29 is 14.0 Å². The molecule has 3 rings (SSSR count). The fourth-order valence-corrected chi connectivity index (χ4v) is 3.45. The first kappa shape index (κ1) is 22.8. The minimum absolute atomic E-state index is 0.675. The molecule has 31 heavy (non-hydrogen) atoms. The molecule has 0 saturated carbocycles. The van der Waals surface area contributed by atoms with E-state index in [1.54, 1.807) is 0 Å². The Morgan fingerprint density at radius 3 is 1.03 bits per heavy atom. The molecule has 0 aliphatic heterocycles. The maximum absolute atomic E-state index is 6.32. The summed E-state index contributed by atoms with van der Waals surface area (Å²) in [6.45, 7) is 12.3. The van der Waals surface area contributed by atoms with E-state index in [0.29, 0.717) is 17.2 Å². The first-order valence-corrected chi connectivity index (χ1v) is 11.3. The molecule has 10 heteroatoms. The van der Waals surface area contributed by atoms with Crippen LogP contribution in [0.2, 0.25) is 0 Å². The van der Waals surface area contributed by atoms with Gasteiger partial charge in [-0.3, -0.25) is 15.3 Å². The topological polar surface area (TPSA) is 114 Å². The molecule has 0 spiro atoms. The van der Waals surface area contributed by atoms with Gasteiger partial charge in [0.2, 0.25) is 0 Å². The molecule has 0 fully saturated rings. The van der Waals surface area contributed by atoms with Crippen molar-refractivity contribution in [1.29, 1.82) is 0 Å². The summed E-state index contributed by atoms with van der Waals surface area (Å²) in [6.07, 6.45) is 4.47. The van der Waals surface area contributed by atoms with Gasteiger partial charge in [0.05, 0.1) is 17.1 Å². The second kappa shape index (κ2) is 10.4. The van der Waals surface area contributed by atoms with Gasteiger partial charge in [-0.05, 0) is 38.5 Å². The number of nitrogens with zero attached hydrogens (tertiary/aromatic N) is 3. The van der Waals surface area contributed by atoms with E-state index in [2.05, 4.69) is 51.4 Å². The fourth-order valence-electron chi connectivity index (χ4n) is 3.45. The third-order valence-electron chi connectivity index (χ3n) is 5.29. The van der Waals surface area contributed by atoms with Gasteiger partial charge in [-0.25, -0.2) is 0 Å². The van der Waals surface area contributed by atoms with Gasteiger partial charge in [-0.2, -0.15) is 15.3 Å². The predicted molar refractivity (Wildman–Crippen MR) is 120 cm³/mol. The molecule has 0 atom stereocenters. The van der Waals surface area contributed by atoms with Gasteiger partial charge in [-0.1, -0.05) is 41.5 Å². The molecular weight excluding hydrogens is 395 g/mol. The number of hydrogen-bond donors (Lipinski definition) is 3. The number of H-pyrrole nitrogens is 3. The van der Waals surface area contributed by atoms with E-state index in [4.69, 9.17) is 14.0 Å². The Kier molecular flexibility index (Phi) is 7.65. The largest absolute Gasteiger partial charge is 0.864 e. The summed E-state index contributed by atoms with van der Waals surface area (Å²) < 4.78 is 19.0. The van der Waals surface area contributed by atoms with Gasteiger partial charge in [-0.15, -0.1) is 0 Å². The van der Waals surface area contributed by atoms with Gasteiger partial charge in [0.1, 0.15) is 34.3 Å². The molecule has 3 aromatic heterocycles. The van der Waals surface area contributed by atoms with Crippen LogP contribution in [0.3, 0.4) is 0 Å². The Labute approximate surface area is 183 Å². The third kappa shape index (κ3) is 4.72. The lowest BCUT2D eigenvalue weighted by Gasteiger charge is -2.18. The van der Waals surface area contributed by atoms with Gasteiger partial charge >= 0.3 is 7.32 Å². The van der Waals surface area contributed by atoms with Crippen molar-refractivity contribution in [2.75, 3.05) is 0 Å². The first-order valence-electron chi connectivity index (χ1n) is 11.3. The highest BCUT2D eigenvalue weighted by Crippen LogP contribution is 2.29. The molecule has 0 amide bonds. The lowest BCUT2D eigenvalue weighted by atomic mass is 10.1. The van der Waals surface area contributed by atoms with Gasteiger partial charge in [0.15, 0.2) is 0 Å². The third-order valence-corrected chi connectivity index (χ3v) is 5.29. The first-order chi connectivity index (χ1) is 15.1. The van der Waals surface area contributed by atoms with E-state index in [0.717, 1.165) is 72.7 Å². The SMILES string of the molecule is CCc1n[nH]c(CC)c1OB(Oc1c(CC)n[nH]c1CC)Oc1c(CC)n[nH]c1CC. The van der Waals surface area contributed by atoms with Crippen LogP contribution < -0.4 is 14.0 Å². The molecule has 3 N–H and O–H groups in total. The van der Waals surface area contributed by atoms with Crippen LogP contribution in [-0.4, -0.2) is 37.9 Å². The predicted octanol–water partition coefficient (Wildman–Crippen LogP) is 3.75. The number of rotatable bonds is 12. The lowest BCUT2D eigenvalue weighted by Crippen LogP contribution is -2.38. The highest BCUT2D eigenvalue weighted by Gasteiger charge is 2.36. The van der Waals surface area contributed by atoms with Gasteiger partial charge < -0.3 is 14.0 Å². The van der Waals surface area contributed by atoms with E-state index in [-0.39, 0.29) is 0 Å². The van der Waals surface area contributed by atoms with E-state index in [9.17, 15) is 0 Å². The molecule has 3 aromatic rings. The van der Waals surface area contributed by atoms with Crippen LogP contribution in [-0.2, 0) is 38.5 Å². The lowest BCUT2D eigenvalue weighted by molar-refractivity contribution is 0.300. The molecule has 0 bridgehead atoms. The van der Waals surface area contributed by atoms with Crippen molar-refractivity contribution in [3.8, 4) is 17.2 Å². The van der Waals surface area contributed by atoms with Crippen molar-refractivity contribution in [3.05, 3.63) is 34.2 Å². The smallest absolute Gasteiger partial charge is 0.486 e. The summed E-state index contributed by atoms with van der Waals surface area (Å²) in [5, 5.41) is 22.4. The Hall–Kier alpha value is -2.91. The summed E-state index contributed by atoms with van der Waals surface area (Å²) in [4.78, 5) is 0. The monoisotopic (exact) mass is 428 g/mol. The maximum atomic E-state index is 6.32. The van der Waals surface area contributed by atoms with E-state index < -0.39 is 7.32 Å². The van der Waals surface area contributed by atoms with Gasteiger partial charge in [0.25, 0.3) is 0 Å². The molecule has 0 saturated heterocycles. The minimum Gasteiger partial charge on any atom is -0.486 e. The zero-order valence-corrected chi connectivity index (χ0v) is 19.4. The minimum atomic E-state index is -1.02. The van der Waals surface area contributed by atoms with Crippen LogP contribution in [0.4, 0.5) is 0 Å². The van der Waals surface area contributed by atoms with Crippen LogP contribution in [0.1, 0.15) is 75.7 Å². The number of aromatic nitrogens is 6. The summed E-state index contributed by atoms with van der Waals surface area (Å²) in [7, 11) is -1.02. The molecule has 0 aliphatic rings. The molecule has 0 radical (unpaired) electrons. The number of nitrogens with one attached hydrogen (secondary N) is 3. The van der Waals surface area contributed by atoms with Crippen LogP contribution >= 0.6 is 0 Å². The summed E-state index contributed by atoms with van der Waals surface area (Å²) in [5.41, 5.74) is 5.24. The van der Waals surface area contributed by atoms with Crippen LogP contribution in [0.15, 0.2) is 0 Å². The molecule has 0 unspecified atom stereocenters. The zero-order valence-electron chi connectivity index (χ0n) is 19.4. The number of aromatic amines is 3. The molecule has 168 valence electrons. The van der Waals surface area contributed by atoms with Crippen LogP contribution in [0.25, 0.3) is 0 Å². The molecule has 3 heterocycles. The average Bonchev–Trinajstić information content (AvgIpc) is 3.49. The highest BCUT2D eigenvalue weighted by molar-refractivity contribution is 6.39. The Morgan fingerprint density at radius 1 is 0.516 bits per heavy atom.